The van der Waals surface area contributed by atoms with Gasteiger partial charge in [-0.2, -0.15) is 5.10 Å². The van der Waals surface area contributed by atoms with E-state index >= 15 is 0 Å². The highest BCUT2D eigenvalue weighted by molar-refractivity contribution is 9.10. The molecule has 0 bridgehead atoms. The Morgan fingerprint density at radius 2 is 1.78 bits per heavy atom. The van der Waals surface area contributed by atoms with E-state index in [4.69, 9.17) is 0 Å². The number of rotatable bonds is 2. The molecule has 0 saturated carbocycles. The molecule has 18 heavy (non-hydrogen) atoms. The van der Waals surface area contributed by atoms with Crippen molar-refractivity contribution >= 4 is 15.9 Å². The second kappa shape index (κ2) is 4.86. The van der Waals surface area contributed by atoms with Gasteiger partial charge in [-0.25, -0.2) is 0 Å². The minimum Gasteiger partial charge on any atom is -0.382 e. The first-order valence-electron chi connectivity index (χ1n) is 5.85. The Morgan fingerprint density at radius 3 is 2.22 bits per heavy atom. The fraction of sp³-hybridized carbons (Fsp3) is 0.357. The largest absolute Gasteiger partial charge is 0.382 e. The van der Waals surface area contributed by atoms with Gasteiger partial charge in [0.15, 0.2) is 0 Å². The molecule has 2 rings (SSSR count). The monoisotopic (exact) mass is 308 g/mol. The Kier molecular flexibility index (Phi) is 3.59. The highest BCUT2D eigenvalue weighted by Gasteiger charge is 2.21. The van der Waals surface area contributed by atoms with Gasteiger partial charge in [-0.15, -0.1) is 0 Å². The number of aliphatic hydroxyl groups excluding tert-OH is 1. The van der Waals surface area contributed by atoms with Crippen molar-refractivity contribution in [2.45, 2.75) is 26.9 Å². The van der Waals surface area contributed by atoms with E-state index in [0.717, 1.165) is 26.9 Å². The summed E-state index contributed by atoms with van der Waals surface area (Å²) in [5.74, 6) is 0. The molecule has 0 saturated heterocycles. The van der Waals surface area contributed by atoms with Crippen LogP contribution in [0.15, 0.2) is 22.8 Å². The number of aryl methyl sites for hydroxylation is 4. The highest BCUT2D eigenvalue weighted by atomic mass is 79.9. The molecule has 0 amide bonds. The number of halogens is 1. The number of hydrogen-bond donors (Lipinski definition) is 1. The first-order chi connectivity index (χ1) is 8.41. The van der Waals surface area contributed by atoms with Crippen molar-refractivity contribution in [2.24, 2.45) is 7.05 Å². The van der Waals surface area contributed by atoms with Crippen LogP contribution in [0.5, 0.6) is 0 Å². The van der Waals surface area contributed by atoms with Crippen molar-refractivity contribution < 1.29 is 5.11 Å². The van der Waals surface area contributed by atoms with E-state index in [1.807, 2.05) is 20.9 Å². The first-order valence-corrected chi connectivity index (χ1v) is 6.64. The second-order valence-corrected chi connectivity index (χ2v) is 5.57. The van der Waals surface area contributed by atoms with E-state index in [0.29, 0.717) is 0 Å². The molecular formula is C14H17BrN2O. The topological polar surface area (TPSA) is 38.1 Å². The standard InChI is InChI=1S/C14H17BrN2O/c1-8-5-9(2)12(10(3)6-8)14(18)13-11(15)7-16-17(13)4/h5-7,14,18H,1-4H3. The first kappa shape index (κ1) is 13.3. The number of aliphatic hydroxyl groups is 1. The lowest BCUT2D eigenvalue weighted by Crippen LogP contribution is -2.10. The summed E-state index contributed by atoms with van der Waals surface area (Å²) in [6.45, 7) is 6.13. The van der Waals surface area contributed by atoms with Crippen LogP contribution in [0.25, 0.3) is 0 Å². The molecule has 0 fully saturated rings. The van der Waals surface area contributed by atoms with Crippen LogP contribution in [0.1, 0.15) is 34.1 Å². The zero-order chi connectivity index (χ0) is 13.4. The summed E-state index contributed by atoms with van der Waals surface area (Å²) < 4.78 is 2.53. The molecule has 0 aliphatic heterocycles. The van der Waals surface area contributed by atoms with E-state index in [1.165, 1.54) is 5.56 Å². The smallest absolute Gasteiger partial charge is 0.122 e. The SMILES string of the molecule is Cc1cc(C)c(C(O)c2c(Br)cnn2C)c(C)c1. The van der Waals surface area contributed by atoms with Gasteiger partial charge in [0.25, 0.3) is 0 Å². The molecule has 0 radical (unpaired) electrons. The minimum absolute atomic E-state index is 0.660. The molecule has 2 aromatic rings. The van der Waals surface area contributed by atoms with E-state index in [1.54, 1.807) is 10.9 Å². The second-order valence-electron chi connectivity index (χ2n) is 4.72. The molecule has 1 aromatic heterocycles. The van der Waals surface area contributed by atoms with Crippen LogP contribution >= 0.6 is 15.9 Å². The molecule has 1 unspecified atom stereocenters. The summed E-state index contributed by atoms with van der Waals surface area (Å²) in [5.41, 5.74) is 5.17. The van der Waals surface area contributed by atoms with Gasteiger partial charge in [-0.05, 0) is 53.4 Å². The Labute approximate surface area is 116 Å². The molecular weight excluding hydrogens is 292 g/mol. The van der Waals surface area contributed by atoms with Crippen LogP contribution in [-0.2, 0) is 7.05 Å². The van der Waals surface area contributed by atoms with Gasteiger partial charge in [-0.1, -0.05) is 17.7 Å². The van der Waals surface area contributed by atoms with Crippen molar-refractivity contribution in [3.63, 3.8) is 0 Å². The van der Waals surface area contributed by atoms with Crippen LogP contribution in [0.3, 0.4) is 0 Å². The summed E-state index contributed by atoms with van der Waals surface area (Å²) in [7, 11) is 1.84. The lowest BCUT2D eigenvalue weighted by molar-refractivity contribution is 0.207. The average molecular weight is 309 g/mol. The van der Waals surface area contributed by atoms with Gasteiger partial charge in [0.2, 0.25) is 0 Å². The Morgan fingerprint density at radius 1 is 1.22 bits per heavy atom. The maximum Gasteiger partial charge on any atom is 0.122 e. The molecule has 3 nitrogen and oxygen atoms in total. The number of aromatic nitrogens is 2. The minimum atomic E-state index is -0.660. The predicted molar refractivity (Wildman–Crippen MR) is 75.6 cm³/mol. The van der Waals surface area contributed by atoms with Gasteiger partial charge >= 0.3 is 0 Å². The van der Waals surface area contributed by atoms with Crippen LogP contribution in [0.4, 0.5) is 0 Å². The third-order valence-corrected chi connectivity index (χ3v) is 3.82. The van der Waals surface area contributed by atoms with Gasteiger partial charge in [0.1, 0.15) is 6.10 Å². The molecule has 1 aromatic carbocycles. The molecule has 4 heteroatoms. The van der Waals surface area contributed by atoms with Crippen LogP contribution in [0, 0.1) is 20.8 Å². The van der Waals surface area contributed by atoms with E-state index < -0.39 is 6.10 Å². The highest BCUT2D eigenvalue weighted by Crippen LogP contribution is 2.32. The van der Waals surface area contributed by atoms with E-state index in [-0.39, 0.29) is 0 Å². The van der Waals surface area contributed by atoms with Crippen molar-refractivity contribution in [2.75, 3.05) is 0 Å². The third kappa shape index (κ3) is 2.22. The van der Waals surface area contributed by atoms with Gasteiger partial charge < -0.3 is 5.11 Å². The van der Waals surface area contributed by atoms with E-state index in [2.05, 4.69) is 40.1 Å². The average Bonchev–Trinajstić information content (AvgIpc) is 2.56. The summed E-state index contributed by atoms with van der Waals surface area (Å²) in [4.78, 5) is 0. The molecule has 0 aliphatic rings. The fourth-order valence-electron chi connectivity index (χ4n) is 2.49. The van der Waals surface area contributed by atoms with Crippen molar-refractivity contribution in [3.05, 3.63) is 50.8 Å². The van der Waals surface area contributed by atoms with Crippen molar-refractivity contribution in [1.29, 1.82) is 0 Å². The van der Waals surface area contributed by atoms with Gasteiger partial charge in [-0.3, -0.25) is 4.68 Å². The maximum absolute atomic E-state index is 10.6. The molecule has 1 N–H and O–H groups in total. The lowest BCUT2D eigenvalue weighted by atomic mass is 9.94. The summed E-state index contributed by atoms with van der Waals surface area (Å²) in [6.07, 6.45) is 1.05. The number of benzene rings is 1. The zero-order valence-electron chi connectivity index (χ0n) is 11.0. The fourth-order valence-corrected chi connectivity index (χ4v) is 3.05. The summed E-state index contributed by atoms with van der Waals surface area (Å²) in [5, 5.41) is 14.8. The summed E-state index contributed by atoms with van der Waals surface area (Å²) in [6, 6.07) is 4.19. The van der Waals surface area contributed by atoms with Crippen LogP contribution < -0.4 is 0 Å². The third-order valence-electron chi connectivity index (χ3n) is 3.21. The predicted octanol–water partition coefficient (Wildman–Crippen LogP) is 3.19. The number of hydrogen-bond acceptors (Lipinski definition) is 2. The molecule has 1 heterocycles. The zero-order valence-corrected chi connectivity index (χ0v) is 12.6. The summed E-state index contributed by atoms with van der Waals surface area (Å²) >= 11 is 3.44. The molecule has 0 spiro atoms. The van der Waals surface area contributed by atoms with Gasteiger partial charge in [0.05, 0.1) is 16.4 Å². The normalized spacial score (nSPS) is 12.8. The Hall–Kier alpha value is -1.13. The van der Waals surface area contributed by atoms with Crippen LogP contribution in [-0.4, -0.2) is 14.9 Å². The lowest BCUT2D eigenvalue weighted by Gasteiger charge is -2.18. The maximum atomic E-state index is 10.6. The molecule has 1 atom stereocenters. The molecule has 0 aliphatic carbocycles. The Balaban J connectivity index is 2.56. The van der Waals surface area contributed by atoms with Crippen molar-refractivity contribution in [3.8, 4) is 0 Å². The number of nitrogens with zero attached hydrogens (tertiary/aromatic N) is 2. The van der Waals surface area contributed by atoms with Gasteiger partial charge in [0, 0.05) is 7.05 Å². The van der Waals surface area contributed by atoms with E-state index in [9.17, 15) is 5.11 Å². The Bertz CT molecular complexity index is 547. The molecule has 96 valence electrons. The quantitative estimate of drug-likeness (QED) is 0.925. The van der Waals surface area contributed by atoms with Crippen molar-refractivity contribution in [1.82, 2.24) is 9.78 Å². The van der Waals surface area contributed by atoms with Crippen LogP contribution in [0.2, 0.25) is 0 Å².